The summed E-state index contributed by atoms with van der Waals surface area (Å²) >= 11 is 0. The van der Waals surface area contributed by atoms with E-state index in [2.05, 4.69) is 15.5 Å². The molecule has 5 nitrogen and oxygen atoms in total. The molecule has 0 aliphatic carbocycles. The lowest BCUT2D eigenvalue weighted by molar-refractivity contribution is 0.281. The van der Waals surface area contributed by atoms with Crippen molar-refractivity contribution in [3.63, 3.8) is 0 Å². The summed E-state index contributed by atoms with van der Waals surface area (Å²) in [7, 11) is 0. The van der Waals surface area contributed by atoms with Gasteiger partial charge in [-0.3, -0.25) is 0 Å². The molecule has 1 aromatic heterocycles. The average Bonchev–Trinajstić information content (AvgIpc) is 2.92. The fraction of sp³-hybridized carbons (Fsp3) is 0.429. The summed E-state index contributed by atoms with van der Waals surface area (Å²) < 4.78 is 23.9. The Balaban J connectivity index is 2.04. The molecule has 108 valence electrons. The Morgan fingerprint density at radius 2 is 2.20 bits per heavy atom. The number of hydrogen-bond donors (Lipinski definition) is 1. The van der Waals surface area contributed by atoms with E-state index in [1.165, 1.54) is 12.1 Å². The molecular formula is C14H18FN3O2. The van der Waals surface area contributed by atoms with Crippen molar-refractivity contribution in [1.29, 1.82) is 0 Å². The van der Waals surface area contributed by atoms with Crippen LogP contribution in [0.15, 0.2) is 22.7 Å². The summed E-state index contributed by atoms with van der Waals surface area (Å²) in [5, 5.41) is 6.96. The number of hydrogen-bond acceptors (Lipinski definition) is 5. The molecule has 0 spiro atoms. The van der Waals surface area contributed by atoms with Gasteiger partial charge in [0.25, 0.3) is 0 Å². The number of nitrogens with zero attached hydrogens (tertiary/aromatic N) is 2. The number of aryl methyl sites for hydroxylation is 1. The first-order valence-corrected chi connectivity index (χ1v) is 6.66. The molecule has 0 fully saturated rings. The van der Waals surface area contributed by atoms with E-state index < -0.39 is 0 Å². The number of ether oxygens (including phenoxy) is 1. The second kappa shape index (κ2) is 7.00. The van der Waals surface area contributed by atoms with E-state index >= 15 is 0 Å². The highest BCUT2D eigenvalue weighted by molar-refractivity contribution is 5.34. The molecule has 1 aromatic carbocycles. The smallest absolute Gasteiger partial charge is 0.226 e. The molecule has 20 heavy (non-hydrogen) atoms. The summed E-state index contributed by atoms with van der Waals surface area (Å²) in [6.07, 6.45) is 0.690. The van der Waals surface area contributed by atoms with Gasteiger partial charge in [-0.2, -0.15) is 4.98 Å². The molecule has 0 aliphatic rings. The highest BCUT2D eigenvalue weighted by atomic mass is 19.1. The van der Waals surface area contributed by atoms with Gasteiger partial charge in [-0.1, -0.05) is 19.0 Å². The van der Waals surface area contributed by atoms with Gasteiger partial charge in [0.2, 0.25) is 11.7 Å². The van der Waals surface area contributed by atoms with Gasteiger partial charge in [-0.15, -0.1) is 0 Å². The second-order valence-electron chi connectivity index (χ2n) is 4.28. The van der Waals surface area contributed by atoms with E-state index in [1.807, 2.05) is 13.8 Å². The van der Waals surface area contributed by atoms with Crippen molar-refractivity contribution < 1.29 is 13.7 Å². The molecule has 0 radical (unpaired) electrons. The van der Waals surface area contributed by atoms with Crippen molar-refractivity contribution in [1.82, 2.24) is 15.5 Å². The van der Waals surface area contributed by atoms with Crippen LogP contribution in [-0.4, -0.2) is 16.7 Å². The van der Waals surface area contributed by atoms with Crippen molar-refractivity contribution in [3.05, 3.63) is 41.3 Å². The normalized spacial score (nSPS) is 10.8. The van der Waals surface area contributed by atoms with Gasteiger partial charge in [0.1, 0.15) is 11.6 Å². The lowest BCUT2D eigenvalue weighted by atomic mass is 10.2. The summed E-state index contributed by atoms with van der Waals surface area (Å²) in [4.78, 5) is 4.16. The molecule has 0 unspecified atom stereocenters. The third kappa shape index (κ3) is 3.77. The Kier molecular flexibility index (Phi) is 5.06. The molecule has 2 rings (SSSR count). The first-order valence-electron chi connectivity index (χ1n) is 6.66. The van der Waals surface area contributed by atoms with Gasteiger partial charge in [0, 0.05) is 18.5 Å². The first kappa shape index (κ1) is 14.5. The highest BCUT2D eigenvalue weighted by Crippen LogP contribution is 2.20. The standard InChI is InChI=1S/C14H18FN3O2/c1-3-14-17-13(18-20-14)9-19-12-6-5-11(15)7-10(12)8-16-4-2/h5-7,16H,3-4,8-9H2,1-2H3. The Morgan fingerprint density at radius 3 is 2.90 bits per heavy atom. The number of aromatic nitrogens is 2. The molecular weight excluding hydrogens is 261 g/mol. The van der Waals surface area contributed by atoms with E-state index in [0.717, 1.165) is 12.1 Å². The first-order chi connectivity index (χ1) is 9.72. The van der Waals surface area contributed by atoms with E-state index in [1.54, 1.807) is 6.07 Å². The van der Waals surface area contributed by atoms with Crippen LogP contribution in [0.1, 0.15) is 31.1 Å². The zero-order chi connectivity index (χ0) is 14.4. The SMILES string of the molecule is CCNCc1cc(F)ccc1OCc1noc(CC)n1. The number of nitrogens with one attached hydrogen (secondary N) is 1. The summed E-state index contributed by atoms with van der Waals surface area (Å²) in [6, 6.07) is 4.45. The molecule has 6 heteroatoms. The van der Waals surface area contributed by atoms with Crippen LogP contribution in [0.3, 0.4) is 0 Å². The number of halogens is 1. The fourth-order valence-corrected chi connectivity index (χ4v) is 1.72. The largest absolute Gasteiger partial charge is 0.485 e. The van der Waals surface area contributed by atoms with Crippen molar-refractivity contribution in [3.8, 4) is 5.75 Å². The van der Waals surface area contributed by atoms with Crippen LogP contribution in [-0.2, 0) is 19.6 Å². The molecule has 0 amide bonds. The summed E-state index contributed by atoms with van der Waals surface area (Å²) in [5.41, 5.74) is 0.769. The van der Waals surface area contributed by atoms with E-state index in [-0.39, 0.29) is 12.4 Å². The zero-order valence-corrected chi connectivity index (χ0v) is 11.6. The molecule has 0 saturated carbocycles. The van der Waals surface area contributed by atoms with E-state index in [9.17, 15) is 4.39 Å². The summed E-state index contributed by atoms with van der Waals surface area (Å²) in [5.74, 6) is 1.41. The monoisotopic (exact) mass is 279 g/mol. The molecule has 1 heterocycles. The molecule has 0 atom stereocenters. The molecule has 0 saturated heterocycles. The van der Waals surface area contributed by atoms with Crippen molar-refractivity contribution in [2.75, 3.05) is 6.54 Å². The van der Waals surface area contributed by atoms with Gasteiger partial charge in [-0.25, -0.2) is 4.39 Å². The number of benzene rings is 1. The fourth-order valence-electron chi connectivity index (χ4n) is 1.72. The van der Waals surface area contributed by atoms with Crippen LogP contribution < -0.4 is 10.1 Å². The molecule has 1 N–H and O–H groups in total. The lowest BCUT2D eigenvalue weighted by Gasteiger charge is -2.10. The Bertz CT molecular complexity index is 557. The third-order valence-electron chi connectivity index (χ3n) is 2.76. The maximum Gasteiger partial charge on any atom is 0.226 e. The minimum Gasteiger partial charge on any atom is -0.485 e. The predicted octanol–water partition coefficient (Wildman–Crippen LogP) is 2.46. The summed E-state index contributed by atoms with van der Waals surface area (Å²) in [6.45, 7) is 5.49. The van der Waals surface area contributed by atoms with Gasteiger partial charge in [0.05, 0.1) is 0 Å². The lowest BCUT2D eigenvalue weighted by Crippen LogP contribution is -2.13. The van der Waals surface area contributed by atoms with Crippen molar-refractivity contribution in [2.45, 2.75) is 33.4 Å². The Labute approximate surface area is 117 Å². The van der Waals surface area contributed by atoms with Gasteiger partial charge in [0.15, 0.2) is 6.61 Å². The van der Waals surface area contributed by atoms with E-state index in [4.69, 9.17) is 9.26 Å². The highest BCUT2D eigenvalue weighted by Gasteiger charge is 2.09. The van der Waals surface area contributed by atoms with Gasteiger partial charge in [-0.05, 0) is 24.7 Å². The quantitative estimate of drug-likeness (QED) is 0.843. The minimum atomic E-state index is -0.280. The maximum atomic E-state index is 13.3. The maximum absolute atomic E-state index is 13.3. The second-order valence-corrected chi connectivity index (χ2v) is 4.28. The van der Waals surface area contributed by atoms with Crippen molar-refractivity contribution >= 4 is 0 Å². The van der Waals surface area contributed by atoms with E-state index in [0.29, 0.717) is 30.4 Å². The molecule has 0 bridgehead atoms. The van der Waals surface area contributed by atoms with Gasteiger partial charge >= 0.3 is 0 Å². The van der Waals surface area contributed by atoms with Crippen LogP contribution in [0, 0.1) is 5.82 Å². The van der Waals surface area contributed by atoms with Crippen molar-refractivity contribution in [2.24, 2.45) is 0 Å². The van der Waals surface area contributed by atoms with Crippen LogP contribution in [0.25, 0.3) is 0 Å². The van der Waals surface area contributed by atoms with Crippen LogP contribution in [0.4, 0.5) is 4.39 Å². The minimum absolute atomic E-state index is 0.203. The topological polar surface area (TPSA) is 60.2 Å². The number of rotatable bonds is 7. The molecule has 0 aliphatic heterocycles. The zero-order valence-electron chi connectivity index (χ0n) is 11.6. The van der Waals surface area contributed by atoms with Crippen LogP contribution in [0.5, 0.6) is 5.75 Å². The third-order valence-corrected chi connectivity index (χ3v) is 2.76. The average molecular weight is 279 g/mol. The van der Waals surface area contributed by atoms with Crippen LogP contribution in [0.2, 0.25) is 0 Å². The Hall–Kier alpha value is -1.95. The molecule has 2 aromatic rings. The predicted molar refractivity (Wildman–Crippen MR) is 71.8 cm³/mol. The Morgan fingerprint density at radius 1 is 1.35 bits per heavy atom. The van der Waals surface area contributed by atoms with Gasteiger partial charge < -0.3 is 14.6 Å². The van der Waals surface area contributed by atoms with Crippen LogP contribution >= 0.6 is 0 Å².